The molecule has 2 aliphatic heterocycles. The topological polar surface area (TPSA) is 93.5 Å². The molecule has 1 atom stereocenters. The van der Waals surface area contributed by atoms with E-state index >= 15 is 0 Å². The molecule has 0 saturated heterocycles. The van der Waals surface area contributed by atoms with Crippen LogP contribution in [0.25, 0.3) is 22.3 Å². The van der Waals surface area contributed by atoms with E-state index in [1.807, 2.05) is 18.2 Å². The van der Waals surface area contributed by atoms with E-state index in [1.54, 1.807) is 17.6 Å². The van der Waals surface area contributed by atoms with Gasteiger partial charge in [0.05, 0.1) is 29.0 Å². The first-order valence-electron chi connectivity index (χ1n) is 12.6. The second-order valence-electron chi connectivity index (χ2n) is 9.60. The summed E-state index contributed by atoms with van der Waals surface area (Å²) >= 11 is 0. The normalized spacial score (nSPS) is 18.0. The van der Waals surface area contributed by atoms with Gasteiger partial charge in [-0.2, -0.15) is 0 Å². The highest BCUT2D eigenvalue weighted by Gasteiger charge is 2.45. The molecule has 2 aliphatic rings. The van der Waals surface area contributed by atoms with E-state index < -0.39 is 11.6 Å². The van der Waals surface area contributed by atoms with Crippen LogP contribution in [-0.2, 0) is 34.7 Å². The number of nitrogens with one attached hydrogen (secondary N) is 1. The lowest BCUT2D eigenvalue weighted by atomic mass is 9.86. The van der Waals surface area contributed by atoms with Crippen LogP contribution in [0.5, 0.6) is 0 Å². The molecule has 35 heavy (non-hydrogen) atoms. The summed E-state index contributed by atoms with van der Waals surface area (Å²) in [6.07, 6.45) is 2.19. The van der Waals surface area contributed by atoms with Crippen molar-refractivity contribution in [2.24, 2.45) is 0 Å². The molecule has 0 spiro atoms. The number of cyclic esters (lactones) is 1. The molecular weight excluding hydrogens is 442 g/mol. The Morgan fingerprint density at radius 2 is 1.89 bits per heavy atom. The van der Waals surface area contributed by atoms with Crippen LogP contribution >= 0.6 is 0 Å². The Hall–Kier alpha value is -3.03. The summed E-state index contributed by atoms with van der Waals surface area (Å²) in [5.41, 5.74) is 3.12. The second kappa shape index (κ2) is 9.91. The lowest BCUT2D eigenvalue weighted by Crippen LogP contribution is -2.44. The summed E-state index contributed by atoms with van der Waals surface area (Å²) < 4.78 is 6.86. The van der Waals surface area contributed by atoms with Gasteiger partial charge in [0.2, 0.25) is 0 Å². The Kier molecular flexibility index (Phi) is 7.10. The Morgan fingerprint density at radius 3 is 2.57 bits per heavy atom. The predicted molar refractivity (Wildman–Crippen MR) is 137 cm³/mol. The van der Waals surface area contributed by atoms with Crippen LogP contribution in [-0.4, -0.2) is 33.2 Å². The van der Waals surface area contributed by atoms with Crippen molar-refractivity contribution in [3.05, 3.63) is 62.9 Å². The highest BCUT2D eigenvalue weighted by atomic mass is 16.6. The maximum Gasteiger partial charge on any atom is 0.343 e. The molecule has 1 aromatic carbocycles. The summed E-state index contributed by atoms with van der Waals surface area (Å²) in [6, 6.07) is 10.2. The van der Waals surface area contributed by atoms with Crippen molar-refractivity contribution in [3.63, 3.8) is 0 Å². The van der Waals surface area contributed by atoms with E-state index in [0.29, 0.717) is 29.4 Å². The average Bonchev–Trinajstić information content (AvgIpc) is 3.20. The number of ether oxygens (including phenoxy) is 1. The van der Waals surface area contributed by atoms with Gasteiger partial charge < -0.3 is 19.7 Å². The van der Waals surface area contributed by atoms with Crippen molar-refractivity contribution in [3.8, 4) is 11.4 Å². The van der Waals surface area contributed by atoms with Crippen LogP contribution in [0, 0.1) is 0 Å². The van der Waals surface area contributed by atoms with E-state index in [9.17, 15) is 14.7 Å². The number of fused-ring (bicyclic) bond motifs is 5. The number of benzene rings is 1. The molecule has 2 N–H and O–H groups in total. The SMILES string of the molecule is CCC.CCC1(O)C(=O)OCc2c1cc1n(c2=O)Cc2c-1nc1ccccc1c2CCNC(C)C. The average molecular weight is 478 g/mol. The Labute approximate surface area is 206 Å². The maximum absolute atomic E-state index is 13.4. The number of nitrogens with zero attached hydrogens (tertiary/aromatic N) is 2. The van der Waals surface area contributed by atoms with Gasteiger partial charge in [0.15, 0.2) is 5.60 Å². The minimum absolute atomic E-state index is 0.119. The maximum atomic E-state index is 13.4. The van der Waals surface area contributed by atoms with Gasteiger partial charge in [0, 0.05) is 22.6 Å². The smallest absolute Gasteiger partial charge is 0.343 e. The molecule has 0 radical (unpaired) electrons. The summed E-state index contributed by atoms with van der Waals surface area (Å²) in [4.78, 5) is 30.7. The van der Waals surface area contributed by atoms with Crippen molar-refractivity contribution in [2.75, 3.05) is 6.54 Å². The summed E-state index contributed by atoms with van der Waals surface area (Å²) in [5.74, 6) is -0.706. The number of aliphatic hydroxyl groups is 1. The third-order valence-electron chi connectivity index (χ3n) is 6.64. The van der Waals surface area contributed by atoms with Crippen molar-refractivity contribution >= 4 is 16.9 Å². The molecule has 0 aliphatic carbocycles. The number of para-hydroxylation sites is 1. The number of aromatic nitrogens is 2. The molecule has 1 unspecified atom stereocenters. The zero-order valence-corrected chi connectivity index (χ0v) is 21.3. The molecule has 7 nitrogen and oxygen atoms in total. The number of hydrogen-bond acceptors (Lipinski definition) is 6. The molecule has 0 amide bonds. The molecule has 0 bridgehead atoms. The van der Waals surface area contributed by atoms with Gasteiger partial charge in [-0.05, 0) is 37.1 Å². The lowest BCUT2D eigenvalue weighted by molar-refractivity contribution is -0.172. The minimum Gasteiger partial charge on any atom is -0.458 e. The predicted octanol–water partition coefficient (Wildman–Crippen LogP) is 4.04. The number of esters is 1. The fourth-order valence-electron chi connectivity index (χ4n) is 4.88. The molecule has 7 heteroatoms. The summed E-state index contributed by atoms with van der Waals surface area (Å²) in [7, 11) is 0. The molecule has 186 valence electrons. The Bertz CT molecular complexity index is 1330. The fraction of sp³-hybridized carbons (Fsp3) is 0.464. The number of hydrogen-bond donors (Lipinski definition) is 2. The fourth-order valence-corrected chi connectivity index (χ4v) is 4.88. The van der Waals surface area contributed by atoms with Crippen molar-refractivity contribution in [1.82, 2.24) is 14.9 Å². The van der Waals surface area contributed by atoms with Crippen LogP contribution in [0.4, 0.5) is 0 Å². The van der Waals surface area contributed by atoms with Crippen LogP contribution in [0.2, 0.25) is 0 Å². The van der Waals surface area contributed by atoms with E-state index in [0.717, 1.165) is 35.1 Å². The van der Waals surface area contributed by atoms with E-state index in [2.05, 4.69) is 39.1 Å². The highest BCUT2D eigenvalue weighted by Crippen LogP contribution is 2.40. The lowest BCUT2D eigenvalue weighted by Gasteiger charge is -2.31. The third kappa shape index (κ3) is 4.28. The molecule has 2 aromatic heterocycles. The Morgan fingerprint density at radius 1 is 1.17 bits per heavy atom. The first-order valence-corrected chi connectivity index (χ1v) is 12.6. The van der Waals surface area contributed by atoms with Gasteiger partial charge in [0.25, 0.3) is 5.56 Å². The largest absolute Gasteiger partial charge is 0.458 e. The van der Waals surface area contributed by atoms with Gasteiger partial charge in [-0.15, -0.1) is 0 Å². The van der Waals surface area contributed by atoms with Gasteiger partial charge in [-0.25, -0.2) is 9.78 Å². The number of pyridine rings is 2. The van der Waals surface area contributed by atoms with Crippen LogP contribution in [0.1, 0.15) is 69.7 Å². The molecule has 5 rings (SSSR count). The molecule has 0 saturated carbocycles. The minimum atomic E-state index is -1.81. The standard InChI is InChI=1S/C25H27N3O4.C3H8/c1-4-25(31)19-11-21-22-17(12-28(21)23(29)18(19)13-32-24(25)30)15(9-10-26-14(2)3)16-7-5-6-8-20(16)27-22;1-3-2/h5-8,11,14,26,31H,4,9-10,12-13H2,1-3H3;3H2,1-2H3. The summed E-state index contributed by atoms with van der Waals surface area (Å²) in [5, 5.41) is 15.6. The quantitative estimate of drug-likeness (QED) is 0.422. The molecule has 3 aromatic rings. The number of carbonyl (C=O) groups is 1. The monoisotopic (exact) mass is 477 g/mol. The van der Waals surface area contributed by atoms with Gasteiger partial charge in [-0.1, -0.05) is 59.2 Å². The van der Waals surface area contributed by atoms with E-state index in [-0.39, 0.29) is 18.6 Å². The Balaban J connectivity index is 0.000000917. The molecule has 4 heterocycles. The van der Waals surface area contributed by atoms with E-state index in [1.165, 1.54) is 12.0 Å². The van der Waals surface area contributed by atoms with E-state index in [4.69, 9.17) is 9.72 Å². The van der Waals surface area contributed by atoms with Crippen LogP contribution in [0.15, 0.2) is 35.1 Å². The number of carbonyl (C=O) groups excluding carboxylic acids is 1. The van der Waals surface area contributed by atoms with Crippen LogP contribution in [0.3, 0.4) is 0 Å². The zero-order chi connectivity index (χ0) is 25.3. The van der Waals surface area contributed by atoms with Crippen molar-refractivity contribution in [1.29, 1.82) is 0 Å². The molecule has 0 fully saturated rings. The summed E-state index contributed by atoms with van der Waals surface area (Å²) in [6.45, 7) is 11.3. The van der Waals surface area contributed by atoms with Gasteiger partial charge >= 0.3 is 5.97 Å². The molecular formula is C28H35N3O4. The first kappa shape index (κ1) is 25.1. The first-order chi connectivity index (χ1) is 16.8. The third-order valence-corrected chi connectivity index (χ3v) is 6.64. The van der Waals surface area contributed by atoms with Gasteiger partial charge in [-0.3, -0.25) is 4.79 Å². The highest BCUT2D eigenvalue weighted by molar-refractivity contribution is 5.89. The van der Waals surface area contributed by atoms with Crippen molar-refractivity contribution < 1.29 is 14.6 Å². The van der Waals surface area contributed by atoms with Gasteiger partial charge in [0.1, 0.15) is 6.61 Å². The zero-order valence-electron chi connectivity index (χ0n) is 21.3. The number of rotatable bonds is 5. The second-order valence-corrected chi connectivity index (χ2v) is 9.60. The van der Waals surface area contributed by atoms with Crippen LogP contribution < -0.4 is 10.9 Å². The van der Waals surface area contributed by atoms with Crippen molar-refractivity contribution in [2.45, 2.75) is 78.7 Å².